The van der Waals surface area contributed by atoms with Crippen molar-refractivity contribution in [2.24, 2.45) is 0 Å². The Morgan fingerprint density at radius 1 is 2.00 bits per heavy atom. The lowest BCUT2D eigenvalue weighted by atomic mass is 10.3. The molecule has 0 aromatic heterocycles. The highest BCUT2D eigenvalue weighted by Gasteiger charge is 1.68. The molecule has 0 aliphatic carbocycles. The Bertz CT molecular complexity index is 75.5. The van der Waals surface area contributed by atoms with Gasteiger partial charge in [0.1, 0.15) is 0 Å². The summed E-state index contributed by atoms with van der Waals surface area (Å²) in [7, 11) is 0. The van der Waals surface area contributed by atoms with Crippen molar-refractivity contribution in [2.45, 2.75) is 33.0 Å². The highest BCUT2D eigenvalue weighted by Crippen LogP contribution is 1.88. The molecule has 0 heterocycles. The van der Waals surface area contributed by atoms with Crippen LogP contribution in [-0.2, 0) is 0 Å². The fourth-order valence-corrected chi connectivity index (χ4v) is 0.144. The average Bonchev–Trinajstić information content (AvgIpc) is 1.64. The first kappa shape index (κ1) is 1.25. The molecule has 0 N–H and O–H groups in total. The van der Waals surface area contributed by atoms with Crippen LogP contribution in [0.3, 0.4) is 0 Å². The van der Waals surface area contributed by atoms with Gasteiger partial charge in [-0.15, -0.1) is 0 Å². The van der Waals surface area contributed by atoms with Gasteiger partial charge >= 0.3 is 0 Å². The molecule has 0 spiro atoms. The van der Waals surface area contributed by atoms with Crippen LogP contribution in [-0.4, -0.2) is 0 Å². The number of hydrogen-bond donors (Lipinski definition) is 0. The Hall–Kier alpha value is 0. The highest BCUT2D eigenvalue weighted by atomic mass is 13.7. The molecule has 1 unspecified atom stereocenters. The Morgan fingerprint density at radius 2 is 2.80 bits per heavy atom. The van der Waals surface area contributed by atoms with E-state index < -0.39 is 13.2 Å². The largest absolute Gasteiger partial charge is 0.0654 e. The first-order valence-corrected chi connectivity index (χ1v) is 1.90. The predicted octanol–water partition coefficient (Wildman–Crippen LogP) is 2.20. The van der Waals surface area contributed by atoms with E-state index in [1.165, 1.54) is 0 Å². The lowest BCUT2D eigenvalue weighted by Crippen LogP contribution is -1.59. The van der Waals surface area contributed by atoms with Gasteiger partial charge in [0.2, 0.25) is 0 Å². The minimum absolute atomic E-state index is 0.469. The summed E-state index contributed by atoms with van der Waals surface area (Å²) >= 11 is 0. The van der Waals surface area contributed by atoms with E-state index >= 15 is 0 Å². The summed E-state index contributed by atoms with van der Waals surface area (Å²) in [6.45, 7) is -0.191. The van der Waals surface area contributed by atoms with Crippen molar-refractivity contribution < 1.29 is 5.48 Å². The lowest BCUT2D eigenvalue weighted by Gasteiger charge is -1.79. The van der Waals surface area contributed by atoms with Crippen LogP contribution in [0.1, 0.15) is 38.5 Å². The number of rotatable bonds is 2. The first-order valence-electron chi connectivity index (χ1n) is 3.98. The molecule has 0 bridgehead atoms. The van der Waals surface area contributed by atoms with Gasteiger partial charge in [0.05, 0.1) is 0 Å². The van der Waals surface area contributed by atoms with Gasteiger partial charge in [-0.1, -0.05) is 33.0 Å². The van der Waals surface area contributed by atoms with Crippen LogP contribution in [0.15, 0.2) is 0 Å². The summed E-state index contributed by atoms with van der Waals surface area (Å²) in [5.41, 5.74) is 0. The summed E-state index contributed by atoms with van der Waals surface area (Å²) < 4.78 is 27.4. The van der Waals surface area contributed by atoms with Crippen LogP contribution in [0.4, 0.5) is 0 Å². The van der Waals surface area contributed by atoms with Crippen LogP contribution in [0.25, 0.3) is 0 Å². The fourth-order valence-electron chi connectivity index (χ4n) is 0.144. The third-order valence-corrected chi connectivity index (χ3v) is 0.433. The maximum Gasteiger partial charge on any atom is 0.0264 e. The topological polar surface area (TPSA) is 0 Å². The zero-order valence-electron chi connectivity index (χ0n) is 7.49. The van der Waals surface area contributed by atoms with E-state index in [0.717, 1.165) is 6.42 Å². The minimum atomic E-state index is -2.07. The minimum Gasteiger partial charge on any atom is -0.0654 e. The van der Waals surface area contributed by atoms with Gasteiger partial charge in [0.25, 0.3) is 0 Å². The standard InChI is InChI=1S/C5H12/c1-3-5-4-2/h3-5H2,1-2H3/i1D3,3D. The van der Waals surface area contributed by atoms with Crippen molar-refractivity contribution >= 4 is 0 Å². The van der Waals surface area contributed by atoms with E-state index in [4.69, 9.17) is 5.48 Å². The third kappa shape index (κ3) is 4.00. The second kappa shape index (κ2) is 4.00. The summed E-state index contributed by atoms with van der Waals surface area (Å²) in [6, 6.07) is 0. The smallest absolute Gasteiger partial charge is 0.0264 e. The van der Waals surface area contributed by atoms with Crippen LogP contribution in [0.5, 0.6) is 0 Å². The van der Waals surface area contributed by atoms with Crippen LogP contribution in [0.2, 0.25) is 0 Å². The SMILES string of the molecule is [2H]C(CCC)C([2H])([2H])[2H]. The van der Waals surface area contributed by atoms with Gasteiger partial charge in [0.15, 0.2) is 0 Å². The highest BCUT2D eigenvalue weighted by molar-refractivity contribution is 4.24. The van der Waals surface area contributed by atoms with E-state index in [-0.39, 0.29) is 0 Å². The molecule has 1 atom stereocenters. The van der Waals surface area contributed by atoms with E-state index in [1.807, 2.05) is 6.92 Å². The van der Waals surface area contributed by atoms with Gasteiger partial charge in [0, 0.05) is 5.48 Å². The molecule has 0 rings (SSSR count). The molecule has 0 aromatic carbocycles. The van der Waals surface area contributed by atoms with Crippen molar-refractivity contribution in [2.75, 3.05) is 0 Å². The first-order chi connectivity index (χ1) is 3.98. The summed E-state index contributed by atoms with van der Waals surface area (Å²) in [6.07, 6.45) is 0.353. The second-order valence-electron chi connectivity index (χ2n) is 0.993. The van der Waals surface area contributed by atoms with Crippen LogP contribution in [0, 0.1) is 0 Å². The average molecular weight is 76.2 g/mol. The zero-order chi connectivity index (χ0) is 7.49. The van der Waals surface area contributed by atoms with Crippen molar-refractivity contribution in [1.82, 2.24) is 0 Å². The monoisotopic (exact) mass is 76.1 g/mol. The maximum atomic E-state index is 7.06. The molecule has 5 heavy (non-hydrogen) atoms. The molecule has 0 saturated carbocycles. The lowest BCUT2D eigenvalue weighted by molar-refractivity contribution is 0.772. The second-order valence-corrected chi connectivity index (χ2v) is 0.993. The van der Waals surface area contributed by atoms with E-state index in [0.29, 0.717) is 6.42 Å². The Labute approximate surface area is 39.8 Å². The molecule has 0 aliphatic rings. The van der Waals surface area contributed by atoms with E-state index in [2.05, 4.69) is 0 Å². The van der Waals surface area contributed by atoms with Gasteiger partial charge in [-0.2, -0.15) is 0 Å². The fraction of sp³-hybridized carbons (Fsp3) is 1.00. The Morgan fingerprint density at radius 3 is 3.00 bits per heavy atom. The van der Waals surface area contributed by atoms with Gasteiger partial charge in [-0.25, -0.2) is 0 Å². The summed E-state index contributed by atoms with van der Waals surface area (Å²) in [4.78, 5) is 0. The molecule has 0 aromatic rings. The summed E-state index contributed by atoms with van der Waals surface area (Å²) in [5.74, 6) is 0. The third-order valence-electron chi connectivity index (χ3n) is 0.433. The predicted molar refractivity (Wildman–Crippen MR) is 25.2 cm³/mol. The maximum absolute atomic E-state index is 7.06. The van der Waals surface area contributed by atoms with E-state index in [9.17, 15) is 0 Å². The van der Waals surface area contributed by atoms with Crippen molar-refractivity contribution in [3.8, 4) is 0 Å². The molecule has 32 valence electrons. The van der Waals surface area contributed by atoms with Gasteiger partial charge in [-0.05, 0) is 0 Å². The molecular weight excluding hydrogens is 60.1 g/mol. The van der Waals surface area contributed by atoms with Crippen molar-refractivity contribution in [3.05, 3.63) is 0 Å². The van der Waals surface area contributed by atoms with Crippen molar-refractivity contribution in [3.63, 3.8) is 0 Å². The number of hydrogen-bond acceptors (Lipinski definition) is 0. The normalized spacial score (nSPS) is 29.0. The molecule has 0 saturated heterocycles. The molecule has 0 amide bonds. The van der Waals surface area contributed by atoms with Gasteiger partial charge in [-0.3, -0.25) is 0 Å². The molecule has 0 heteroatoms. The zero-order valence-corrected chi connectivity index (χ0v) is 3.49. The van der Waals surface area contributed by atoms with Crippen LogP contribution >= 0.6 is 0 Å². The Balaban J connectivity index is 3.59. The van der Waals surface area contributed by atoms with Crippen molar-refractivity contribution in [1.29, 1.82) is 0 Å². The van der Waals surface area contributed by atoms with E-state index in [1.54, 1.807) is 0 Å². The summed E-state index contributed by atoms with van der Waals surface area (Å²) in [5, 5.41) is 0. The van der Waals surface area contributed by atoms with Gasteiger partial charge < -0.3 is 0 Å². The quantitative estimate of drug-likeness (QED) is 0.473. The van der Waals surface area contributed by atoms with Crippen LogP contribution < -0.4 is 0 Å². The molecule has 0 radical (unpaired) electrons. The Kier molecular flexibility index (Phi) is 1.00. The molecule has 0 aliphatic heterocycles. The molecule has 0 nitrogen and oxygen atoms in total. The molecule has 0 fully saturated rings. The molecular formula is C5H12.